The standard InChI is InChI=1S/C16H32N2O3/c1-2-18-8-4-3-5-15(18)13-21-12-11-17-9-6-16(20,14-19)7-10-17/h15,19-20H,2-14H2,1H3/t15-/m1/s1. The summed E-state index contributed by atoms with van der Waals surface area (Å²) >= 11 is 0. The largest absolute Gasteiger partial charge is 0.393 e. The number of piperidine rings is 2. The highest BCUT2D eigenvalue weighted by atomic mass is 16.5. The van der Waals surface area contributed by atoms with Crippen molar-refractivity contribution >= 4 is 0 Å². The summed E-state index contributed by atoms with van der Waals surface area (Å²) in [7, 11) is 0. The number of rotatable bonds is 7. The Balaban J connectivity index is 1.58. The molecule has 0 aromatic carbocycles. The van der Waals surface area contributed by atoms with Crippen molar-refractivity contribution in [3.8, 4) is 0 Å². The first-order chi connectivity index (χ1) is 10.2. The van der Waals surface area contributed by atoms with E-state index in [9.17, 15) is 5.11 Å². The van der Waals surface area contributed by atoms with Gasteiger partial charge in [0.05, 0.1) is 25.4 Å². The fourth-order valence-electron chi connectivity index (χ4n) is 3.43. The highest BCUT2D eigenvalue weighted by molar-refractivity contribution is 4.85. The molecule has 0 bridgehead atoms. The van der Waals surface area contributed by atoms with Gasteiger partial charge in [-0.15, -0.1) is 0 Å². The number of aliphatic hydroxyl groups excluding tert-OH is 1. The average Bonchev–Trinajstić information content (AvgIpc) is 2.54. The van der Waals surface area contributed by atoms with Crippen molar-refractivity contribution in [2.45, 2.75) is 50.7 Å². The molecule has 2 fully saturated rings. The zero-order valence-electron chi connectivity index (χ0n) is 13.5. The maximum atomic E-state index is 9.98. The van der Waals surface area contributed by atoms with E-state index in [1.54, 1.807) is 0 Å². The van der Waals surface area contributed by atoms with Crippen LogP contribution in [0.25, 0.3) is 0 Å². The Labute approximate surface area is 128 Å². The number of hydrogen-bond acceptors (Lipinski definition) is 5. The van der Waals surface area contributed by atoms with Gasteiger partial charge >= 0.3 is 0 Å². The highest BCUT2D eigenvalue weighted by Gasteiger charge is 2.31. The third-order valence-corrected chi connectivity index (χ3v) is 5.10. The molecule has 2 aliphatic heterocycles. The van der Waals surface area contributed by atoms with Gasteiger partial charge in [-0.05, 0) is 38.8 Å². The van der Waals surface area contributed by atoms with Gasteiger partial charge in [0.25, 0.3) is 0 Å². The molecule has 2 aliphatic rings. The molecule has 0 aliphatic carbocycles. The normalized spacial score (nSPS) is 27.9. The summed E-state index contributed by atoms with van der Waals surface area (Å²) in [6.07, 6.45) is 5.24. The van der Waals surface area contributed by atoms with Gasteiger partial charge in [-0.3, -0.25) is 4.90 Å². The summed E-state index contributed by atoms with van der Waals surface area (Å²) in [6.45, 7) is 8.71. The lowest BCUT2D eigenvalue weighted by Crippen LogP contribution is -2.47. The summed E-state index contributed by atoms with van der Waals surface area (Å²) in [6, 6.07) is 0.601. The van der Waals surface area contributed by atoms with Crippen molar-refractivity contribution in [1.29, 1.82) is 0 Å². The van der Waals surface area contributed by atoms with Crippen LogP contribution < -0.4 is 0 Å². The molecule has 0 amide bonds. The van der Waals surface area contributed by atoms with Crippen molar-refractivity contribution in [1.82, 2.24) is 9.80 Å². The number of hydrogen-bond donors (Lipinski definition) is 2. The summed E-state index contributed by atoms with van der Waals surface area (Å²) < 4.78 is 5.89. The van der Waals surface area contributed by atoms with Gasteiger partial charge in [0, 0.05) is 25.7 Å². The zero-order valence-corrected chi connectivity index (χ0v) is 13.5. The van der Waals surface area contributed by atoms with E-state index in [0.717, 1.165) is 39.4 Å². The summed E-state index contributed by atoms with van der Waals surface area (Å²) in [5, 5.41) is 19.1. The van der Waals surface area contributed by atoms with Gasteiger partial charge in [-0.25, -0.2) is 0 Å². The Kier molecular flexibility index (Phi) is 6.89. The Morgan fingerprint density at radius 2 is 1.95 bits per heavy atom. The second kappa shape index (κ2) is 8.44. The van der Waals surface area contributed by atoms with Crippen molar-refractivity contribution in [2.24, 2.45) is 0 Å². The molecule has 2 saturated heterocycles. The van der Waals surface area contributed by atoms with Crippen LogP contribution in [0.3, 0.4) is 0 Å². The van der Waals surface area contributed by atoms with Gasteiger partial charge in [0.15, 0.2) is 0 Å². The molecule has 0 aromatic rings. The summed E-state index contributed by atoms with van der Waals surface area (Å²) in [4.78, 5) is 4.86. The van der Waals surface area contributed by atoms with E-state index in [-0.39, 0.29) is 6.61 Å². The van der Waals surface area contributed by atoms with Crippen molar-refractivity contribution in [2.75, 3.05) is 52.5 Å². The van der Waals surface area contributed by atoms with E-state index >= 15 is 0 Å². The topological polar surface area (TPSA) is 56.2 Å². The van der Waals surface area contributed by atoms with Crippen LogP contribution in [-0.4, -0.2) is 84.2 Å². The first-order valence-electron chi connectivity index (χ1n) is 8.54. The number of ether oxygens (including phenoxy) is 1. The van der Waals surface area contributed by atoms with Gasteiger partial charge in [-0.1, -0.05) is 13.3 Å². The van der Waals surface area contributed by atoms with Gasteiger partial charge in [0.1, 0.15) is 0 Å². The maximum Gasteiger partial charge on any atom is 0.0901 e. The SMILES string of the molecule is CCN1CCCC[C@@H]1COCCN1CCC(O)(CO)CC1. The van der Waals surface area contributed by atoms with E-state index in [1.807, 2.05) is 0 Å². The third-order valence-electron chi connectivity index (χ3n) is 5.10. The van der Waals surface area contributed by atoms with Crippen LogP contribution in [0.1, 0.15) is 39.0 Å². The molecule has 2 N–H and O–H groups in total. The van der Waals surface area contributed by atoms with E-state index in [2.05, 4.69) is 16.7 Å². The lowest BCUT2D eigenvalue weighted by molar-refractivity contribution is -0.0632. The Morgan fingerprint density at radius 1 is 1.19 bits per heavy atom. The molecule has 0 radical (unpaired) electrons. The van der Waals surface area contributed by atoms with Gasteiger partial charge in [-0.2, -0.15) is 0 Å². The molecule has 0 aromatic heterocycles. The van der Waals surface area contributed by atoms with E-state index in [0.29, 0.717) is 18.9 Å². The van der Waals surface area contributed by atoms with Crippen LogP contribution in [0.5, 0.6) is 0 Å². The number of aliphatic hydroxyl groups is 2. The first kappa shape index (κ1) is 17.2. The average molecular weight is 300 g/mol. The Hall–Kier alpha value is -0.200. The molecule has 5 heteroatoms. The molecule has 2 rings (SSSR count). The molecule has 0 spiro atoms. The number of likely N-dealkylation sites (tertiary alicyclic amines) is 2. The molecule has 2 heterocycles. The lowest BCUT2D eigenvalue weighted by atomic mass is 9.92. The Bertz CT molecular complexity index is 293. The minimum atomic E-state index is -0.846. The van der Waals surface area contributed by atoms with Crippen LogP contribution >= 0.6 is 0 Å². The molecule has 21 heavy (non-hydrogen) atoms. The highest BCUT2D eigenvalue weighted by Crippen LogP contribution is 2.21. The van der Waals surface area contributed by atoms with Gasteiger partial charge in [0.2, 0.25) is 0 Å². The molecule has 124 valence electrons. The minimum absolute atomic E-state index is 0.119. The van der Waals surface area contributed by atoms with E-state index in [4.69, 9.17) is 9.84 Å². The third kappa shape index (κ3) is 5.18. The smallest absolute Gasteiger partial charge is 0.0901 e. The van der Waals surface area contributed by atoms with E-state index in [1.165, 1.54) is 25.8 Å². The molecule has 0 unspecified atom stereocenters. The first-order valence-corrected chi connectivity index (χ1v) is 8.54. The van der Waals surface area contributed by atoms with Crippen LogP contribution in [0.2, 0.25) is 0 Å². The monoisotopic (exact) mass is 300 g/mol. The predicted molar refractivity (Wildman–Crippen MR) is 83.4 cm³/mol. The molecule has 0 saturated carbocycles. The summed E-state index contributed by atoms with van der Waals surface area (Å²) in [5.74, 6) is 0. The molecule has 1 atom stereocenters. The minimum Gasteiger partial charge on any atom is -0.393 e. The zero-order chi connectivity index (χ0) is 15.1. The summed E-state index contributed by atoms with van der Waals surface area (Å²) in [5.41, 5.74) is -0.846. The second-order valence-electron chi connectivity index (χ2n) is 6.58. The fourth-order valence-corrected chi connectivity index (χ4v) is 3.43. The van der Waals surface area contributed by atoms with Crippen LogP contribution in [0.4, 0.5) is 0 Å². The number of nitrogens with zero attached hydrogens (tertiary/aromatic N) is 2. The van der Waals surface area contributed by atoms with Crippen molar-refractivity contribution in [3.63, 3.8) is 0 Å². The van der Waals surface area contributed by atoms with Crippen LogP contribution in [0.15, 0.2) is 0 Å². The lowest BCUT2D eigenvalue weighted by Gasteiger charge is -2.37. The van der Waals surface area contributed by atoms with Crippen molar-refractivity contribution in [3.05, 3.63) is 0 Å². The second-order valence-corrected chi connectivity index (χ2v) is 6.58. The quantitative estimate of drug-likeness (QED) is 0.678. The number of likely N-dealkylation sites (N-methyl/N-ethyl adjacent to an activating group) is 1. The Morgan fingerprint density at radius 3 is 2.62 bits per heavy atom. The maximum absolute atomic E-state index is 9.98. The van der Waals surface area contributed by atoms with Crippen LogP contribution in [-0.2, 0) is 4.74 Å². The molecular formula is C16H32N2O3. The van der Waals surface area contributed by atoms with Gasteiger partial charge < -0.3 is 19.8 Å². The molecular weight excluding hydrogens is 268 g/mol. The fraction of sp³-hybridized carbons (Fsp3) is 1.00. The van der Waals surface area contributed by atoms with Crippen LogP contribution in [0, 0.1) is 0 Å². The molecule has 5 nitrogen and oxygen atoms in total. The van der Waals surface area contributed by atoms with E-state index < -0.39 is 5.60 Å². The van der Waals surface area contributed by atoms with Crippen molar-refractivity contribution < 1.29 is 14.9 Å². The predicted octanol–water partition coefficient (Wildman–Crippen LogP) is 0.697.